The summed E-state index contributed by atoms with van der Waals surface area (Å²) in [5, 5.41) is 9.35. The van der Waals surface area contributed by atoms with Gasteiger partial charge in [-0.25, -0.2) is 4.98 Å². The van der Waals surface area contributed by atoms with Crippen LogP contribution in [-0.2, 0) is 17.7 Å². The van der Waals surface area contributed by atoms with E-state index in [1.807, 2.05) is 42.2 Å². The lowest BCUT2D eigenvalue weighted by molar-refractivity contribution is 0.0934. The van der Waals surface area contributed by atoms with E-state index in [0.29, 0.717) is 37.5 Å². The molecule has 1 fully saturated rings. The summed E-state index contributed by atoms with van der Waals surface area (Å²) in [5.41, 5.74) is 2.00. The third kappa shape index (κ3) is 3.10. The molecular formula is C21H22N8O2. The number of ether oxygens (including phenoxy) is 1. The van der Waals surface area contributed by atoms with Gasteiger partial charge in [0, 0.05) is 43.5 Å². The highest BCUT2D eigenvalue weighted by atomic mass is 16.5. The van der Waals surface area contributed by atoms with Gasteiger partial charge in [-0.15, -0.1) is 10.2 Å². The predicted octanol–water partition coefficient (Wildman–Crippen LogP) is 1.99. The van der Waals surface area contributed by atoms with Crippen molar-refractivity contribution in [3.05, 3.63) is 48.7 Å². The van der Waals surface area contributed by atoms with Crippen LogP contribution < -0.4 is 9.80 Å². The normalized spacial score (nSPS) is 18.3. The smallest absolute Gasteiger partial charge is 0.236 e. The maximum absolute atomic E-state index is 5.76. The van der Waals surface area contributed by atoms with Crippen LogP contribution in [0.1, 0.15) is 18.7 Å². The van der Waals surface area contributed by atoms with Crippen molar-refractivity contribution in [3.63, 3.8) is 0 Å². The molecule has 2 aliphatic heterocycles. The summed E-state index contributed by atoms with van der Waals surface area (Å²) in [7, 11) is 0. The molecule has 4 aromatic heterocycles. The maximum Gasteiger partial charge on any atom is 0.236 e. The first kappa shape index (κ1) is 18.3. The second-order valence-corrected chi connectivity index (χ2v) is 7.74. The minimum atomic E-state index is 0.211. The zero-order valence-corrected chi connectivity index (χ0v) is 17.2. The van der Waals surface area contributed by atoms with E-state index in [4.69, 9.17) is 19.1 Å². The van der Waals surface area contributed by atoms with Crippen LogP contribution in [0.4, 0.5) is 11.5 Å². The Bertz CT molecular complexity index is 1240. The van der Waals surface area contributed by atoms with Crippen molar-refractivity contribution in [2.45, 2.75) is 25.9 Å². The van der Waals surface area contributed by atoms with Crippen molar-refractivity contribution < 1.29 is 9.15 Å². The Labute approximate surface area is 178 Å². The standard InChI is InChI=1S/C21H22N8O2/c1-2-18-25-26-19(31-18)12-27-11-15-13-30-8-7-28(15)20-17(27)10-23-21(24-20)29-6-4-14-9-22-5-3-16(14)29/h3-6,9-10,15H,2,7-8,11-13H2,1H3. The minimum absolute atomic E-state index is 0.211. The lowest BCUT2D eigenvalue weighted by atomic mass is 10.1. The minimum Gasteiger partial charge on any atom is -0.423 e. The molecule has 0 radical (unpaired) electrons. The molecule has 10 nitrogen and oxygen atoms in total. The summed E-state index contributed by atoms with van der Waals surface area (Å²) in [6, 6.07) is 4.21. The average molecular weight is 418 g/mol. The van der Waals surface area contributed by atoms with Crippen molar-refractivity contribution in [1.82, 2.24) is 29.7 Å². The second kappa shape index (κ2) is 7.31. The third-order valence-electron chi connectivity index (χ3n) is 5.85. The zero-order valence-electron chi connectivity index (χ0n) is 17.2. The van der Waals surface area contributed by atoms with Gasteiger partial charge in [-0.1, -0.05) is 6.92 Å². The summed E-state index contributed by atoms with van der Waals surface area (Å²) in [6.07, 6.45) is 8.23. The fourth-order valence-electron chi connectivity index (χ4n) is 4.31. The van der Waals surface area contributed by atoms with Crippen LogP contribution in [0.15, 0.2) is 41.3 Å². The molecule has 0 aromatic carbocycles. The van der Waals surface area contributed by atoms with E-state index in [2.05, 4.69) is 25.0 Å². The number of aromatic nitrogens is 6. The quantitative estimate of drug-likeness (QED) is 0.493. The number of hydrogen-bond acceptors (Lipinski definition) is 9. The van der Waals surface area contributed by atoms with Gasteiger partial charge in [-0.2, -0.15) is 4.98 Å². The lowest BCUT2D eigenvalue weighted by Crippen LogP contribution is -2.55. The molecule has 0 aliphatic carbocycles. The van der Waals surface area contributed by atoms with Gasteiger partial charge in [0.15, 0.2) is 5.82 Å². The Balaban J connectivity index is 1.41. The first-order valence-corrected chi connectivity index (χ1v) is 10.5. The van der Waals surface area contributed by atoms with E-state index >= 15 is 0 Å². The fraction of sp³-hybridized carbons (Fsp3) is 0.381. The number of aryl methyl sites for hydroxylation is 1. The number of hydrogen-bond donors (Lipinski definition) is 0. The molecule has 0 amide bonds. The van der Waals surface area contributed by atoms with Gasteiger partial charge in [0.2, 0.25) is 17.7 Å². The average Bonchev–Trinajstić information content (AvgIpc) is 3.46. The number of rotatable bonds is 4. The first-order chi connectivity index (χ1) is 15.3. The van der Waals surface area contributed by atoms with Gasteiger partial charge < -0.3 is 19.0 Å². The second-order valence-electron chi connectivity index (χ2n) is 7.74. The highest BCUT2D eigenvalue weighted by Crippen LogP contribution is 2.36. The summed E-state index contributed by atoms with van der Waals surface area (Å²) in [6.45, 7) is 5.47. The number of fused-ring (bicyclic) bond motifs is 4. The van der Waals surface area contributed by atoms with Crippen LogP contribution in [0.5, 0.6) is 0 Å². The number of nitrogens with zero attached hydrogens (tertiary/aromatic N) is 8. The lowest BCUT2D eigenvalue weighted by Gasteiger charge is -2.45. The SMILES string of the molecule is CCc1nnc(CN2CC3COCCN3c3nc(-n4ccc5cnccc54)ncc32)o1. The molecule has 1 unspecified atom stereocenters. The number of anilines is 2. The van der Waals surface area contributed by atoms with Gasteiger partial charge in [-0.3, -0.25) is 9.55 Å². The summed E-state index contributed by atoms with van der Waals surface area (Å²) >= 11 is 0. The molecule has 0 spiro atoms. The van der Waals surface area contributed by atoms with E-state index in [0.717, 1.165) is 41.9 Å². The number of morpholine rings is 1. The van der Waals surface area contributed by atoms with Gasteiger partial charge in [0.1, 0.15) is 0 Å². The van der Waals surface area contributed by atoms with Gasteiger partial charge in [-0.05, 0) is 12.1 Å². The highest BCUT2D eigenvalue weighted by Gasteiger charge is 2.35. The van der Waals surface area contributed by atoms with E-state index in [1.165, 1.54) is 0 Å². The van der Waals surface area contributed by atoms with Crippen LogP contribution in [-0.4, -0.2) is 62.1 Å². The highest BCUT2D eigenvalue weighted by molar-refractivity contribution is 5.80. The van der Waals surface area contributed by atoms with Crippen LogP contribution in [0.2, 0.25) is 0 Å². The topological polar surface area (TPSA) is 98.2 Å². The molecule has 6 rings (SSSR count). The van der Waals surface area contributed by atoms with E-state index in [9.17, 15) is 0 Å². The summed E-state index contributed by atoms with van der Waals surface area (Å²) in [4.78, 5) is 18.4. The molecule has 1 atom stereocenters. The third-order valence-corrected chi connectivity index (χ3v) is 5.85. The molecule has 0 N–H and O–H groups in total. The zero-order chi connectivity index (χ0) is 20.8. The molecule has 4 aromatic rings. The van der Waals surface area contributed by atoms with Crippen molar-refractivity contribution in [3.8, 4) is 5.95 Å². The Morgan fingerprint density at radius 3 is 3.00 bits per heavy atom. The van der Waals surface area contributed by atoms with E-state index < -0.39 is 0 Å². The van der Waals surface area contributed by atoms with Crippen molar-refractivity contribution in [2.24, 2.45) is 0 Å². The van der Waals surface area contributed by atoms with Gasteiger partial charge in [0.25, 0.3) is 0 Å². The molecular weight excluding hydrogens is 396 g/mol. The monoisotopic (exact) mass is 418 g/mol. The molecule has 2 aliphatic rings. The fourth-order valence-corrected chi connectivity index (χ4v) is 4.31. The Kier molecular flexibility index (Phi) is 4.30. The van der Waals surface area contributed by atoms with Gasteiger partial charge >= 0.3 is 0 Å². The number of pyridine rings is 1. The van der Waals surface area contributed by atoms with Gasteiger partial charge in [0.05, 0.1) is 43.2 Å². The maximum atomic E-state index is 5.76. The Morgan fingerprint density at radius 1 is 1.16 bits per heavy atom. The Morgan fingerprint density at radius 2 is 2.10 bits per heavy atom. The van der Waals surface area contributed by atoms with Crippen molar-refractivity contribution in [2.75, 3.05) is 36.1 Å². The van der Waals surface area contributed by atoms with E-state index in [1.54, 1.807) is 6.20 Å². The van der Waals surface area contributed by atoms with Crippen LogP contribution in [0.3, 0.4) is 0 Å². The molecule has 10 heteroatoms. The van der Waals surface area contributed by atoms with Crippen molar-refractivity contribution >= 4 is 22.4 Å². The van der Waals surface area contributed by atoms with Crippen LogP contribution >= 0.6 is 0 Å². The largest absolute Gasteiger partial charge is 0.423 e. The summed E-state index contributed by atoms with van der Waals surface area (Å²) in [5.74, 6) is 2.80. The molecule has 0 saturated carbocycles. The predicted molar refractivity (Wildman–Crippen MR) is 113 cm³/mol. The summed E-state index contributed by atoms with van der Waals surface area (Å²) < 4.78 is 13.5. The van der Waals surface area contributed by atoms with Crippen molar-refractivity contribution in [1.29, 1.82) is 0 Å². The van der Waals surface area contributed by atoms with Crippen LogP contribution in [0.25, 0.3) is 16.9 Å². The first-order valence-electron chi connectivity index (χ1n) is 10.5. The molecule has 31 heavy (non-hydrogen) atoms. The van der Waals surface area contributed by atoms with E-state index in [-0.39, 0.29) is 6.04 Å². The molecule has 158 valence electrons. The molecule has 0 bridgehead atoms. The molecule has 6 heterocycles. The van der Waals surface area contributed by atoms with Crippen LogP contribution in [0, 0.1) is 0 Å². The molecule has 1 saturated heterocycles. The Hall–Kier alpha value is -3.53.